The van der Waals surface area contributed by atoms with E-state index in [-0.39, 0.29) is 12.2 Å². The van der Waals surface area contributed by atoms with Crippen LogP contribution in [0.2, 0.25) is 0 Å². The molecule has 0 aliphatic carbocycles. The van der Waals surface area contributed by atoms with Crippen LogP contribution >= 0.6 is 0 Å². The Morgan fingerprint density at radius 3 is 2.75 bits per heavy atom. The topological polar surface area (TPSA) is 73.1 Å². The summed E-state index contributed by atoms with van der Waals surface area (Å²) in [6.45, 7) is 4.86. The third-order valence-corrected chi connectivity index (χ3v) is 4.62. The standard InChI is InChI=1S/C20H29N5O3/c1-15(28-18-7-5-17(26-4)6-8-18)11-22-20(21-2)25-9-10-27-19(14-25)16-12-23-24(3)13-16/h5-8,12-13,15,19H,9-11,14H2,1-4H3,(H,21,22). The minimum atomic E-state index is -0.0136. The summed E-state index contributed by atoms with van der Waals surface area (Å²) in [7, 11) is 5.36. The molecule has 2 unspecified atom stereocenters. The Labute approximate surface area is 166 Å². The number of rotatable bonds is 6. The van der Waals surface area contributed by atoms with E-state index < -0.39 is 0 Å². The maximum Gasteiger partial charge on any atom is 0.193 e. The molecule has 8 nitrogen and oxygen atoms in total. The summed E-state index contributed by atoms with van der Waals surface area (Å²) >= 11 is 0. The van der Waals surface area contributed by atoms with Crippen molar-refractivity contribution >= 4 is 5.96 Å². The molecule has 0 saturated carbocycles. The van der Waals surface area contributed by atoms with Gasteiger partial charge in [-0.15, -0.1) is 0 Å². The molecule has 2 aromatic rings. The number of hydrogen-bond donors (Lipinski definition) is 1. The third kappa shape index (κ3) is 5.16. The van der Waals surface area contributed by atoms with Gasteiger partial charge in [-0.3, -0.25) is 9.67 Å². The van der Waals surface area contributed by atoms with Gasteiger partial charge < -0.3 is 24.4 Å². The summed E-state index contributed by atoms with van der Waals surface area (Å²) in [5.74, 6) is 2.48. The van der Waals surface area contributed by atoms with Gasteiger partial charge in [-0.05, 0) is 31.2 Å². The zero-order valence-corrected chi connectivity index (χ0v) is 17.0. The quantitative estimate of drug-likeness (QED) is 0.602. The highest BCUT2D eigenvalue weighted by atomic mass is 16.5. The Bertz CT molecular complexity index is 774. The zero-order valence-electron chi connectivity index (χ0n) is 17.0. The van der Waals surface area contributed by atoms with E-state index in [2.05, 4.69) is 20.3 Å². The van der Waals surface area contributed by atoms with Gasteiger partial charge in [-0.25, -0.2) is 0 Å². The molecule has 1 aromatic heterocycles. The van der Waals surface area contributed by atoms with Crippen molar-refractivity contribution in [3.05, 3.63) is 42.2 Å². The fourth-order valence-electron chi connectivity index (χ4n) is 3.15. The molecule has 1 aliphatic rings. The fourth-order valence-corrected chi connectivity index (χ4v) is 3.15. The summed E-state index contributed by atoms with van der Waals surface area (Å²) in [6, 6.07) is 7.59. The molecular weight excluding hydrogens is 358 g/mol. The predicted molar refractivity (Wildman–Crippen MR) is 108 cm³/mol. The van der Waals surface area contributed by atoms with Crippen LogP contribution in [0.3, 0.4) is 0 Å². The van der Waals surface area contributed by atoms with Gasteiger partial charge in [0.05, 0.1) is 33.0 Å². The SMILES string of the molecule is CN=C(NCC(C)Oc1ccc(OC)cc1)N1CCOC(c2cnn(C)c2)C1. The van der Waals surface area contributed by atoms with Crippen LogP contribution in [0.4, 0.5) is 0 Å². The Kier molecular flexibility index (Phi) is 6.76. The molecule has 28 heavy (non-hydrogen) atoms. The van der Waals surface area contributed by atoms with E-state index in [0.29, 0.717) is 13.2 Å². The first kappa shape index (κ1) is 20.0. The molecule has 0 bridgehead atoms. The van der Waals surface area contributed by atoms with Crippen molar-refractivity contribution in [1.82, 2.24) is 20.0 Å². The smallest absolute Gasteiger partial charge is 0.193 e. The molecule has 1 aromatic carbocycles. The fraction of sp³-hybridized carbons (Fsp3) is 0.500. The molecule has 0 radical (unpaired) electrons. The van der Waals surface area contributed by atoms with E-state index in [9.17, 15) is 0 Å². The number of morpholine rings is 1. The number of nitrogens with zero attached hydrogens (tertiary/aromatic N) is 4. The number of aliphatic imine (C=N–C) groups is 1. The number of hydrogen-bond acceptors (Lipinski definition) is 5. The highest BCUT2D eigenvalue weighted by molar-refractivity contribution is 5.80. The van der Waals surface area contributed by atoms with Crippen LogP contribution in [0.1, 0.15) is 18.6 Å². The molecular formula is C20H29N5O3. The normalized spacial score (nSPS) is 18.6. The van der Waals surface area contributed by atoms with E-state index in [4.69, 9.17) is 14.2 Å². The number of benzene rings is 1. The van der Waals surface area contributed by atoms with Crippen LogP contribution in [0, 0.1) is 0 Å². The first-order valence-electron chi connectivity index (χ1n) is 9.45. The summed E-state index contributed by atoms with van der Waals surface area (Å²) in [5.41, 5.74) is 1.08. The van der Waals surface area contributed by atoms with Crippen molar-refractivity contribution in [1.29, 1.82) is 0 Å². The van der Waals surface area contributed by atoms with E-state index >= 15 is 0 Å². The first-order valence-corrected chi connectivity index (χ1v) is 9.45. The summed E-state index contributed by atoms with van der Waals surface area (Å²) in [4.78, 5) is 6.64. The van der Waals surface area contributed by atoms with Crippen LogP contribution in [0.15, 0.2) is 41.7 Å². The molecule has 1 N–H and O–H groups in total. The molecule has 1 fully saturated rings. The van der Waals surface area contributed by atoms with Gasteiger partial charge in [0, 0.05) is 32.4 Å². The maximum absolute atomic E-state index is 5.96. The minimum absolute atomic E-state index is 0.00558. The summed E-state index contributed by atoms with van der Waals surface area (Å²) in [6.07, 6.45) is 3.83. The van der Waals surface area contributed by atoms with Gasteiger partial charge in [-0.2, -0.15) is 5.10 Å². The van der Waals surface area contributed by atoms with Crippen LogP contribution in [0.25, 0.3) is 0 Å². The van der Waals surface area contributed by atoms with Crippen molar-refractivity contribution in [2.24, 2.45) is 12.0 Å². The van der Waals surface area contributed by atoms with E-state index in [1.165, 1.54) is 0 Å². The number of methoxy groups -OCH3 is 1. The highest BCUT2D eigenvalue weighted by Crippen LogP contribution is 2.22. The van der Waals surface area contributed by atoms with E-state index in [0.717, 1.165) is 36.1 Å². The van der Waals surface area contributed by atoms with Gasteiger partial charge in [0.2, 0.25) is 0 Å². The predicted octanol–water partition coefficient (Wildman–Crippen LogP) is 1.84. The van der Waals surface area contributed by atoms with E-state index in [1.54, 1.807) is 18.8 Å². The monoisotopic (exact) mass is 387 g/mol. The highest BCUT2D eigenvalue weighted by Gasteiger charge is 2.25. The molecule has 2 heterocycles. The molecule has 0 spiro atoms. The van der Waals surface area contributed by atoms with Crippen molar-refractivity contribution < 1.29 is 14.2 Å². The van der Waals surface area contributed by atoms with Gasteiger partial charge in [0.15, 0.2) is 5.96 Å². The zero-order chi connectivity index (χ0) is 19.9. The van der Waals surface area contributed by atoms with Gasteiger partial charge in [-0.1, -0.05) is 0 Å². The van der Waals surface area contributed by atoms with Crippen LogP contribution in [0.5, 0.6) is 11.5 Å². The number of ether oxygens (including phenoxy) is 3. The lowest BCUT2D eigenvalue weighted by molar-refractivity contribution is -0.00814. The number of nitrogens with one attached hydrogen (secondary N) is 1. The van der Waals surface area contributed by atoms with Crippen molar-refractivity contribution in [3.8, 4) is 11.5 Å². The maximum atomic E-state index is 5.96. The second kappa shape index (κ2) is 9.45. The molecule has 152 valence electrons. The number of aryl methyl sites for hydroxylation is 1. The Balaban J connectivity index is 1.51. The first-order chi connectivity index (χ1) is 13.6. The molecule has 1 aliphatic heterocycles. The van der Waals surface area contributed by atoms with E-state index in [1.807, 2.05) is 50.6 Å². The lowest BCUT2D eigenvalue weighted by atomic mass is 10.1. The molecule has 8 heteroatoms. The van der Waals surface area contributed by atoms with Gasteiger partial charge in [0.1, 0.15) is 23.7 Å². The minimum Gasteiger partial charge on any atom is -0.497 e. The molecule has 2 atom stereocenters. The molecule has 3 rings (SSSR count). The van der Waals surface area contributed by atoms with Crippen molar-refractivity contribution in [2.45, 2.75) is 19.1 Å². The van der Waals surface area contributed by atoms with Crippen LogP contribution < -0.4 is 14.8 Å². The Morgan fingerprint density at radius 1 is 1.36 bits per heavy atom. The summed E-state index contributed by atoms with van der Waals surface area (Å²) in [5, 5.41) is 7.65. The number of guanidine groups is 1. The average molecular weight is 387 g/mol. The Hall–Kier alpha value is -2.74. The average Bonchev–Trinajstić information content (AvgIpc) is 3.16. The summed E-state index contributed by atoms with van der Waals surface area (Å²) < 4.78 is 18.8. The van der Waals surface area contributed by atoms with Gasteiger partial charge >= 0.3 is 0 Å². The Morgan fingerprint density at radius 2 is 2.11 bits per heavy atom. The largest absolute Gasteiger partial charge is 0.497 e. The second-order valence-electron chi connectivity index (χ2n) is 6.78. The van der Waals surface area contributed by atoms with Crippen molar-refractivity contribution in [2.75, 3.05) is 40.4 Å². The molecule has 1 saturated heterocycles. The third-order valence-electron chi connectivity index (χ3n) is 4.62. The number of aromatic nitrogens is 2. The van der Waals surface area contributed by atoms with Gasteiger partial charge in [0.25, 0.3) is 0 Å². The second-order valence-corrected chi connectivity index (χ2v) is 6.78. The lowest BCUT2D eigenvalue weighted by Gasteiger charge is -2.35. The lowest BCUT2D eigenvalue weighted by Crippen LogP contribution is -2.49. The van der Waals surface area contributed by atoms with Crippen molar-refractivity contribution in [3.63, 3.8) is 0 Å². The molecule has 0 amide bonds. The van der Waals surface area contributed by atoms with Crippen LogP contribution in [-0.4, -0.2) is 67.1 Å². The van der Waals surface area contributed by atoms with Crippen LogP contribution in [-0.2, 0) is 11.8 Å².